The summed E-state index contributed by atoms with van der Waals surface area (Å²) < 4.78 is 1.89. The number of aromatic nitrogens is 3. The van der Waals surface area contributed by atoms with Gasteiger partial charge < -0.3 is 0 Å². The summed E-state index contributed by atoms with van der Waals surface area (Å²) in [5.74, 6) is 1.12. The third-order valence-electron chi connectivity index (χ3n) is 3.29. The molecule has 0 atom stereocenters. The van der Waals surface area contributed by atoms with E-state index in [-0.39, 0.29) is 0 Å². The summed E-state index contributed by atoms with van der Waals surface area (Å²) in [6, 6.07) is 0. The predicted molar refractivity (Wildman–Crippen MR) is 59.4 cm³/mol. The first-order valence-corrected chi connectivity index (χ1v) is 6.27. The van der Waals surface area contributed by atoms with E-state index in [0.29, 0.717) is 5.41 Å². The minimum Gasteiger partial charge on any atom is -0.253 e. The number of hydrogen-bond acceptors (Lipinski definition) is 2. The summed E-state index contributed by atoms with van der Waals surface area (Å²) in [6.07, 6.45) is 8.09. The standard InChI is InChI=1S/C10H16BrN3/c1-14-9(12-8-13-14)6-10(7-11)4-2-3-5-10/h8H,2-7H2,1H3. The van der Waals surface area contributed by atoms with Gasteiger partial charge in [0.2, 0.25) is 0 Å². The highest BCUT2D eigenvalue weighted by molar-refractivity contribution is 9.09. The molecular weight excluding hydrogens is 242 g/mol. The van der Waals surface area contributed by atoms with E-state index in [1.54, 1.807) is 6.33 Å². The first kappa shape index (κ1) is 10.1. The number of alkyl halides is 1. The molecule has 0 spiro atoms. The lowest BCUT2D eigenvalue weighted by Crippen LogP contribution is -2.23. The molecule has 14 heavy (non-hydrogen) atoms. The Morgan fingerprint density at radius 2 is 2.21 bits per heavy atom. The molecule has 0 bridgehead atoms. The summed E-state index contributed by atoms with van der Waals surface area (Å²) in [4.78, 5) is 4.30. The zero-order valence-electron chi connectivity index (χ0n) is 8.54. The molecule has 1 aliphatic carbocycles. The molecule has 0 aliphatic heterocycles. The van der Waals surface area contributed by atoms with E-state index >= 15 is 0 Å². The maximum atomic E-state index is 4.30. The van der Waals surface area contributed by atoms with Gasteiger partial charge in [-0.05, 0) is 18.3 Å². The van der Waals surface area contributed by atoms with Crippen molar-refractivity contribution in [3.05, 3.63) is 12.2 Å². The SMILES string of the molecule is Cn1ncnc1CC1(CBr)CCCC1. The molecule has 1 heterocycles. The van der Waals surface area contributed by atoms with Crippen molar-refractivity contribution >= 4 is 15.9 Å². The van der Waals surface area contributed by atoms with Crippen LogP contribution in [0.15, 0.2) is 6.33 Å². The van der Waals surface area contributed by atoms with Crippen LogP contribution in [-0.4, -0.2) is 20.1 Å². The van der Waals surface area contributed by atoms with Crippen molar-refractivity contribution in [1.29, 1.82) is 0 Å². The Morgan fingerprint density at radius 1 is 1.50 bits per heavy atom. The van der Waals surface area contributed by atoms with Crippen LogP contribution in [-0.2, 0) is 13.5 Å². The summed E-state index contributed by atoms with van der Waals surface area (Å²) in [5, 5.41) is 5.20. The highest BCUT2D eigenvalue weighted by Crippen LogP contribution is 2.41. The largest absolute Gasteiger partial charge is 0.253 e. The molecule has 1 aromatic rings. The highest BCUT2D eigenvalue weighted by atomic mass is 79.9. The fourth-order valence-corrected chi connectivity index (χ4v) is 3.06. The van der Waals surface area contributed by atoms with Gasteiger partial charge in [-0.3, -0.25) is 4.68 Å². The van der Waals surface area contributed by atoms with Crippen LogP contribution in [0.3, 0.4) is 0 Å². The Morgan fingerprint density at radius 3 is 2.71 bits per heavy atom. The fraction of sp³-hybridized carbons (Fsp3) is 0.800. The zero-order chi connectivity index (χ0) is 10.0. The van der Waals surface area contributed by atoms with Gasteiger partial charge >= 0.3 is 0 Å². The molecule has 1 saturated carbocycles. The van der Waals surface area contributed by atoms with Gasteiger partial charge in [0, 0.05) is 18.8 Å². The summed E-state index contributed by atoms with van der Waals surface area (Å²) in [7, 11) is 1.97. The van der Waals surface area contributed by atoms with E-state index in [1.165, 1.54) is 25.7 Å². The van der Waals surface area contributed by atoms with E-state index in [1.807, 2.05) is 11.7 Å². The lowest BCUT2D eigenvalue weighted by molar-refractivity contribution is 0.333. The number of rotatable bonds is 3. The Kier molecular flexibility index (Phi) is 2.91. The first-order valence-electron chi connectivity index (χ1n) is 5.15. The van der Waals surface area contributed by atoms with Gasteiger partial charge in [0.05, 0.1) is 0 Å². The lowest BCUT2D eigenvalue weighted by atomic mass is 9.85. The number of halogens is 1. The Labute approximate surface area is 93.0 Å². The predicted octanol–water partition coefficient (Wildman–Crippen LogP) is 2.31. The maximum Gasteiger partial charge on any atom is 0.138 e. The third-order valence-corrected chi connectivity index (χ3v) is 4.48. The highest BCUT2D eigenvalue weighted by Gasteiger charge is 2.34. The Bertz CT molecular complexity index is 302. The molecule has 0 N–H and O–H groups in total. The van der Waals surface area contributed by atoms with Crippen LogP contribution in [0, 0.1) is 5.41 Å². The van der Waals surface area contributed by atoms with Crippen molar-refractivity contribution in [3.8, 4) is 0 Å². The second-order valence-corrected chi connectivity index (χ2v) is 4.88. The fourth-order valence-electron chi connectivity index (χ4n) is 2.30. The molecule has 0 aromatic carbocycles. The quantitative estimate of drug-likeness (QED) is 0.779. The van der Waals surface area contributed by atoms with Crippen molar-refractivity contribution < 1.29 is 0 Å². The number of aryl methyl sites for hydroxylation is 1. The molecule has 1 aliphatic rings. The van der Waals surface area contributed by atoms with Crippen LogP contribution < -0.4 is 0 Å². The molecular formula is C10H16BrN3. The Hall–Kier alpha value is -0.380. The van der Waals surface area contributed by atoms with Crippen molar-refractivity contribution in [1.82, 2.24) is 14.8 Å². The molecule has 1 fully saturated rings. The molecule has 0 radical (unpaired) electrons. The average Bonchev–Trinajstić information content (AvgIpc) is 2.79. The van der Waals surface area contributed by atoms with E-state index in [4.69, 9.17) is 0 Å². The van der Waals surface area contributed by atoms with E-state index in [0.717, 1.165) is 17.6 Å². The van der Waals surface area contributed by atoms with Gasteiger partial charge in [-0.2, -0.15) is 5.10 Å². The molecule has 3 nitrogen and oxygen atoms in total. The van der Waals surface area contributed by atoms with Crippen LogP contribution in [0.5, 0.6) is 0 Å². The van der Waals surface area contributed by atoms with Crippen LogP contribution in [0.25, 0.3) is 0 Å². The van der Waals surface area contributed by atoms with Gasteiger partial charge in [-0.25, -0.2) is 4.98 Å². The minimum absolute atomic E-state index is 0.445. The first-order chi connectivity index (χ1) is 6.76. The van der Waals surface area contributed by atoms with Crippen molar-refractivity contribution in [2.75, 3.05) is 5.33 Å². The molecule has 0 saturated heterocycles. The summed E-state index contributed by atoms with van der Waals surface area (Å²) in [5.41, 5.74) is 0.445. The molecule has 0 unspecified atom stereocenters. The van der Waals surface area contributed by atoms with E-state index in [2.05, 4.69) is 26.0 Å². The van der Waals surface area contributed by atoms with Crippen molar-refractivity contribution in [3.63, 3.8) is 0 Å². The van der Waals surface area contributed by atoms with Crippen LogP contribution in [0.4, 0.5) is 0 Å². The maximum absolute atomic E-state index is 4.30. The van der Waals surface area contributed by atoms with Gasteiger partial charge in [0.1, 0.15) is 12.2 Å². The van der Waals surface area contributed by atoms with Crippen molar-refractivity contribution in [2.24, 2.45) is 12.5 Å². The van der Waals surface area contributed by atoms with Gasteiger partial charge in [0.25, 0.3) is 0 Å². The van der Waals surface area contributed by atoms with Gasteiger partial charge in [-0.15, -0.1) is 0 Å². The molecule has 0 amide bonds. The van der Waals surface area contributed by atoms with Crippen molar-refractivity contribution in [2.45, 2.75) is 32.1 Å². The molecule has 78 valence electrons. The van der Waals surface area contributed by atoms with E-state index < -0.39 is 0 Å². The van der Waals surface area contributed by atoms with Crippen LogP contribution in [0.2, 0.25) is 0 Å². The third kappa shape index (κ3) is 1.85. The molecule has 2 rings (SSSR count). The van der Waals surface area contributed by atoms with Crippen LogP contribution in [0.1, 0.15) is 31.5 Å². The summed E-state index contributed by atoms with van der Waals surface area (Å²) in [6.45, 7) is 0. The second kappa shape index (κ2) is 4.01. The number of hydrogen-bond donors (Lipinski definition) is 0. The van der Waals surface area contributed by atoms with Gasteiger partial charge in [0.15, 0.2) is 0 Å². The molecule has 4 heteroatoms. The molecule has 1 aromatic heterocycles. The van der Waals surface area contributed by atoms with Gasteiger partial charge in [-0.1, -0.05) is 28.8 Å². The topological polar surface area (TPSA) is 30.7 Å². The minimum atomic E-state index is 0.445. The zero-order valence-corrected chi connectivity index (χ0v) is 10.1. The second-order valence-electron chi connectivity index (χ2n) is 4.32. The Balaban J connectivity index is 2.12. The summed E-state index contributed by atoms with van der Waals surface area (Å²) >= 11 is 3.65. The average molecular weight is 258 g/mol. The smallest absolute Gasteiger partial charge is 0.138 e. The number of nitrogens with zero attached hydrogens (tertiary/aromatic N) is 3. The lowest BCUT2D eigenvalue weighted by Gasteiger charge is -2.25. The van der Waals surface area contributed by atoms with E-state index in [9.17, 15) is 0 Å². The van der Waals surface area contributed by atoms with Crippen LogP contribution >= 0.6 is 15.9 Å². The monoisotopic (exact) mass is 257 g/mol. The normalized spacial score (nSPS) is 20.1.